The SMILES string of the molecule is Cc1ccnc2c1[nH]c(=O)n2-c1ccc(Oc2nc3cccnc3n2C)cc1. The van der Waals surface area contributed by atoms with Crippen molar-refractivity contribution in [1.82, 2.24) is 29.1 Å². The van der Waals surface area contributed by atoms with Gasteiger partial charge in [0.2, 0.25) is 0 Å². The molecule has 8 nitrogen and oxygen atoms in total. The number of nitrogens with one attached hydrogen (secondary N) is 1. The number of ether oxygens (including phenoxy) is 1. The van der Waals surface area contributed by atoms with Gasteiger partial charge >= 0.3 is 11.7 Å². The van der Waals surface area contributed by atoms with E-state index in [0.717, 1.165) is 22.2 Å². The van der Waals surface area contributed by atoms with E-state index >= 15 is 0 Å². The number of aryl methyl sites for hydroxylation is 2. The smallest absolute Gasteiger partial charge is 0.332 e. The van der Waals surface area contributed by atoms with Crippen molar-refractivity contribution in [3.05, 3.63) is 70.9 Å². The minimum absolute atomic E-state index is 0.230. The minimum atomic E-state index is -0.230. The molecule has 138 valence electrons. The first-order valence-electron chi connectivity index (χ1n) is 8.74. The number of imidazole rings is 2. The molecule has 0 radical (unpaired) electrons. The highest BCUT2D eigenvalue weighted by atomic mass is 16.5. The topological polar surface area (TPSA) is 90.6 Å². The van der Waals surface area contributed by atoms with E-state index in [1.54, 1.807) is 33.7 Å². The van der Waals surface area contributed by atoms with Crippen molar-refractivity contribution in [2.45, 2.75) is 6.92 Å². The van der Waals surface area contributed by atoms with E-state index in [2.05, 4.69) is 19.9 Å². The van der Waals surface area contributed by atoms with Crippen LogP contribution >= 0.6 is 0 Å². The van der Waals surface area contributed by atoms with Crippen LogP contribution in [0.5, 0.6) is 11.8 Å². The second-order valence-corrected chi connectivity index (χ2v) is 6.49. The van der Waals surface area contributed by atoms with Crippen LogP contribution < -0.4 is 10.4 Å². The summed E-state index contributed by atoms with van der Waals surface area (Å²) in [5, 5.41) is 0. The number of aromatic nitrogens is 6. The monoisotopic (exact) mass is 372 g/mol. The fourth-order valence-electron chi connectivity index (χ4n) is 3.23. The summed E-state index contributed by atoms with van der Waals surface area (Å²) in [5.74, 6) is 0.610. The Balaban J connectivity index is 1.51. The van der Waals surface area contributed by atoms with Gasteiger partial charge in [-0.25, -0.2) is 19.3 Å². The van der Waals surface area contributed by atoms with Gasteiger partial charge in [-0.15, -0.1) is 0 Å². The molecular formula is C20H16N6O2. The van der Waals surface area contributed by atoms with Crippen molar-refractivity contribution in [3.63, 3.8) is 0 Å². The number of aromatic amines is 1. The van der Waals surface area contributed by atoms with Crippen LogP contribution in [0, 0.1) is 6.92 Å². The normalized spacial score (nSPS) is 11.4. The van der Waals surface area contributed by atoms with Crippen LogP contribution in [-0.2, 0) is 7.05 Å². The van der Waals surface area contributed by atoms with Crippen LogP contribution in [0.15, 0.2) is 59.7 Å². The maximum atomic E-state index is 12.4. The summed E-state index contributed by atoms with van der Waals surface area (Å²) in [6.45, 7) is 1.94. The van der Waals surface area contributed by atoms with Gasteiger partial charge in [0.15, 0.2) is 11.3 Å². The highest BCUT2D eigenvalue weighted by Gasteiger charge is 2.13. The molecule has 4 heterocycles. The highest BCUT2D eigenvalue weighted by Crippen LogP contribution is 2.25. The van der Waals surface area contributed by atoms with Crippen LogP contribution in [0.4, 0.5) is 0 Å². The first-order chi connectivity index (χ1) is 13.6. The molecule has 0 saturated heterocycles. The molecule has 0 spiro atoms. The largest absolute Gasteiger partial charge is 0.425 e. The van der Waals surface area contributed by atoms with Gasteiger partial charge in [0, 0.05) is 19.4 Å². The third-order valence-corrected chi connectivity index (χ3v) is 4.68. The summed E-state index contributed by atoms with van der Waals surface area (Å²) in [5.41, 5.74) is 4.29. The van der Waals surface area contributed by atoms with Crippen molar-refractivity contribution < 1.29 is 4.74 Å². The van der Waals surface area contributed by atoms with Crippen molar-refractivity contribution in [3.8, 4) is 17.4 Å². The zero-order chi connectivity index (χ0) is 19.3. The zero-order valence-electron chi connectivity index (χ0n) is 15.2. The fraction of sp³-hybridized carbons (Fsp3) is 0.100. The molecule has 0 atom stereocenters. The number of hydrogen-bond acceptors (Lipinski definition) is 5. The number of nitrogens with zero attached hydrogens (tertiary/aromatic N) is 5. The second kappa shape index (κ2) is 6.05. The Morgan fingerprint density at radius 2 is 1.79 bits per heavy atom. The maximum absolute atomic E-state index is 12.4. The number of pyridine rings is 2. The summed E-state index contributed by atoms with van der Waals surface area (Å²) in [6.07, 6.45) is 3.41. The number of hydrogen-bond donors (Lipinski definition) is 1. The molecule has 5 rings (SSSR count). The molecule has 1 N–H and O–H groups in total. The Morgan fingerprint density at radius 1 is 1.00 bits per heavy atom. The van der Waals surface area contributed by atoms with Crippen molar-refractivity contribution >= 4 is 22.3 Å². The van der Waals surface area contributed by atoms with Crippen molar-refractivity contribution in [2.24, 2.45) is 7.05 Å². The van der Waals surface area contributed by atoms with Crippen LogP contribution in [0.3, 0.4) is 0 Å². The molecule has 0 aliphatic carbocycles. The van der Waals surface area contributed by atoms with E-state index in [4.69, 9.17) is 4.74 Å². The van der Waals surface area contributed by atoms with Gasteiger partial charge < -0.3 is 9.72 Å². The predicted octanol–water partition coefficient (Wildman–Crippen LogP) is 3.10. The standard InChI is InChI=1S/C20H16N6O2/c1-12-9-11-22-18-16(12)24-19(27)26(18)13-5-7-14(8-6-13)28-20-23-15-4-3-10-21-17(15)25(20)2/h3-11H,1-2H3,(H,24,27). The maximum Gasteiger partial charge on any atom is 0.332 e. The lowest BCUT2D eigenvalue weighted by atomic mass is 10.2. The van der Waals surface area contributed by atoms with Gasteiger partial charge in [-0.2, -0.15) is 4.98 Å². The van der Waals surface area contributed by atoms with Crippen LogP contribution in [0.1, 0.15) is 5.56 Å². The molecule has 4 aromatic heterocycles. The van der Waals surface area contributed by atoms with Crippen molar-refractivity contribution in [2.75, 3.05) is 0 Å². The minimum Gasteiger partial charge on any atom is -0.425 e. The molecule has 5 aromatic rings. The highest BCUT2D eigenvalue weighted by molar-refractivity contribution is 5.76. The summed E-state index contributed by atoms with van der Waals surface area (Å²) in [6, 6.07) is 13.3. The summed E-state index contributed by atoms with van der Waals surface area (Å²) in [4.78, 5) is 28.4. The molecule has 0 saturated carbocycles. The number of H-pyrrole nitrogens is 1. The summed E-state index contributed by atoms with van der Waals surface area (Å²) >= 11 is 0. The van der Waals surface area contributed by atoms with Gasteiger partial charge in [0.25, 0.3) is 0 Å². The number of rotatable bonds is 3. The van der Waals surface area contributed by atoms with E-state index in [-0.39, 0.29) is 5.69 Å². The Hall–Kier alpha value is -3.94. The lowest BCUT2D eigenvalue weighted by Crippen LogP contribution is -2.14. The average molecular weight is 372 g/mol. The Kier molecular flexibility index (Phi) is 3.51. The van der Waals surface area contributed by atoms with Gasteiger partial charge in [-0.05, 0) is 55.0 Å². The Labute approximate surface area is 159 Å². The summed E-state index contributed by atoms with van der Waals surface area (Å²) in [7, 11) is 1.85. The quantitative estimate of drug-likeness (QED) is 0.525. The zero-order valence-corrected chi connectivity index (χ0v) is 15.2. The third-order valence-electron chi connectivity index (χ3n) is 4.68. The molecule has 0 unspecified atom stereocenters. The van der Waals surface area contributed by atoms with E-state index < -0.39 is 0 Å². The molecule has 28 heavy (non-hydrogen) atoms. The van der Waals surface area contributed by atoms with Crippen LogP contribution in [-0.4, -0.2) is 29.1 Å². The predicted molar refractivity (Wildman–Crippen MR) is 105 cm³/mol. The second-order valence-electron chi connectivity index (χ2n) is 6.49. The van der Waals surface area contributed by atoms with Crippen molar-refractivity contribution in [1.29, 1.82) is 0 Å². The van der Waals surface area contributed by atoms with E-state index in [1.165, 1.54) is 0 Å². The molecule has 1 aromatic carbocycles. The molecule has 0 amide bonds. The lowest BCUT2D eigenvalue weighted by Gasteiger charge is -2.07. The molecule has 0 bridgehead atoms. The number of benzene rings is 1. The van der Waals surface area contributed by atoms with Gasteiger partial charge in [0.1, 0.15) is 11.3 Å². The Morgan fingerprint density at radius 3 is 2.57 bits per heavy atom. The van der Waals surface area contributed by atoms with E-state index in [0.29, 0.717) is 23.1 Å². The third kappa shape index (κ3) is 2.46. The van der Waals surface area contributed by atoms with Gasteiger partial charge in [-0.3, -0.25) is 4.57 Å². The van der Waals surface area contributed by atoms with Crippen LogP contribution in [0.25, 0.3) is 28.0 Å². The Bertz CT molecular complexity index is 1380. The molecule has 0 aliphatic heterocycles. The first kappa shape index (κ1) is 16.2. The number of fused-ring (bicyclic) bond motifs is 2. The van der Waals surface area contributed by atoms with E-state index in [1.807, 2.05) is 44.3 Å². The van der Waals surface area contributed by atoms with Crippen LogP contribution in [0.2, 0.25) is 0 Å². The van der Waals surface area contributed by atoms with Gasteiger partial charge in [0.05, 0.1) is 11.2 Å². The lowest BCUT2D eigenvalue weighted by molar-refractivity contribution is 0.427. The molecule has 0 fully saturated rings. The summed E-state index contributed by atoms with van der Waals surface area (Å²) < 4.78 is 9.24. The van der Waals surface area contributed by atoms with Gasteiger partial charge in [-0.1, -0.05) is 0 Å². The average Bonchev–Trinajstić information content (AvgIpc) is 3.21. The molecular weight excluding hydrogens is 356 g/mol. The van der Waals surface area contributed by atoms with E-state index in [9.17, 15) is 4.79 Å². The fourth-order valence-corrected chi connectivity index (χ4v) is 3.23. The molecule has 8 heteroatoms. The first-order valence-corrected chi connectivity index (χ1v) is 8.74. The molecule has 0 aliphatic rings.